The van der Waals surface area contributed by atoms with Crippen LogP contribution in [0.5, 0.6) is 0 Å². The maximum atomic E-state index is 12.4. The third-order valence-electron chi connectivity index (χ3n) is 3.05. The van der Waals surface area contributed by atoms with Crippen molar-refractivity contribution >= 4 is 28.2 Å². The second-order valence-electron chi connectivity index (χ2n) is 4.42. The Hall–Kier alpha value is -2.40. The van der Waals surface area contributed by atoms with Crippen LogP contribution in [0.15, 0.2) is 47.8 Å². The molecule has 3 aromatic rings. The van der Waals surface area contributed by atoms with Crippen molar-refractivity contribution in [3.63, 3.8) is 0 Å². The fourth-order valence-corrected chi connectivity index (χ4v) is 2.18. The van der Waals surface area contributed by atoms with Gasteiger partial charge in [0.1, 0.15) is 0 Å². The van der Waals surface area contributed by atoms with Gasteiger partial charge in [0.2, 0.25) is 0 Å². The van der Waals surface area contributed by atoms with Gasteiger partial charge in [0.25, 0.3) is 5.56 Å². The molecule has 3 rings (SSSR count). The molecule has 0 aliphatic carbocycles. The molecule has 20 heavy (non-hydrogen) atoms. The topological polar surface area (TPSA) is 73.8 Å². The molecule has 0 saturated heterocycles. The molecule has 0 radical (unpaired) electrons. The van der Waals surface area contributed by atoms with Crippen LogP contribution in [0, 0.1) is 0 Å². The summed E-state index contributed by atoms with van der Waals surface area (Å²) in [6.45, 7) is 0.345. The molecule has 2 heterocycles. The van der Waals surface area contributed by atoms with Crippen LogP contribution in [0.4, 0.5) is 5.69 Å². The zero-order valence-electron chi connectivity index (χ0n) is 10.5. The minimum absolute atomic E-state index is 0.143. The van der Waals surface area contributed by atoms with E-state index in [1.165, 1.54) is 10.9 Å². The first-order valence-electron chi connectivity index (χ1n) is 5.98. The molecule has 100 valence electrons. The molecule has 0 aliphatic heterocycles. The second kappa shape index (κ2) is 4.94. The summed E-state index contributed by atoms with van der Waals surface area (Å²) < 4.78 is 1.50. The van der Waals surface area contributed by atoms with E-state index in [1.54, 1.807) is 36.7 Å². The van der Waals surface area contributed by atoms with Crippen molar-refractivity contribution in [2.75, 3.05) is 5.73 Å². The standard InChI is InChI=1S/C14H11ClN4O/c15-12-6-17-4-3-9(12)7-19-8-18-13-2-1-10(16)5-11(13)14(19)20/h1-6,8H,7,16H2. The van der Waals surface area contributed by atoms with Gasteiger partial charge in [0, 0.05) is 18.1 Å². The minimum atomic E-state index is -0.143. The van der Waals surface area contributed by atoms with Gasteiger partial charge in [-0.25, -0.2) is 4.98 Å². The summed E-state index contributed by atoms with van der Waals surface area (Å²) in [6, 6.07) is 6.86. The van der Waals surface area contributed by atoms with Gasteiger partial charge >= 0.3 is 0 Å². The number of benzene rings is 1. The zero-order chi connectivity index (χ0) is 14.1. The Morgan fingerprint density at radius 1 is 1.30 bits per heavy atom. The number of hydrogen-bond acceptors (Lipinski definition) is 4. The molecule has 0 spiro atoms. The van der Waals surface area contributed by atoms with E-state index in [0.717, 1.165) is 5.56 Å². The van der Waals surface area contributed by atoms with Gasteiger partial charge in [-0.2, -0.15) is 0 Å². The SMILES string of the molecule is Nc1ccc2ncn(Cc3ccncc3Cl)c(=O)c2c1. The van der Waals surface area contributed by atoms with Crippen LogP contribution in [0.25, 0.3) is 10.9 Å². The quantitative estimate of drug-likeness (QED) is 0.732. The first-order chi connectivity index (χ1) is 9.65. The maximum Gasteiger partial charge on any atom is 0.261 e. The minimum Gasteiger partial charge on any atom is -0.399 e. The predicted octanol–water partition coefficient (Wildman–Crippen LogP) is 2.08. The lowest BCUT2D eigenvalue weighted by atomic mass is 10.2. The van der Waals surface area contributed by atoms with Gasteiger partial charge in [0.15, 0.2) is 0 Å². The Kier molecular flexibility index (Phi) is 3.12. The summed E-state index contributed by atoms with van der Waals surface area (Å²) in [4.78, 5) is 20.6. The van der Waals surface area contributed by atoms with E-state index in [0.29, 0.717) is 28.2 Å². The molecule has 0 unspecified atom stereocenters. The number of halogens is 1. The zero-order valence-corrected chi connectivity index (χ0v) is 11.2. The summed E-state index contributed by atoms with van der Waals surface area (Å²) >= 11 is 6.05. The van der Waals surface area contributed by atoms with E-state index in [9.17, 15) is 4.79 Å². The molecule has 0 fully saturated rings. The highest BCUT2D eigenvalue weighted by atomic mass is 35.5. The van der Waals surface area contributed by atoms with Gasteiger partial charge in [-0.1, -0.05) is 11.6 Å². The van der Waals surface area contributed by atoms with E-state index in [2.05, 4.69) is 9.97 Å². The third kappa shape index (κ3) is 2.23. The summed E-state index contributed by atoms with van der Waals surface area (Å²) in [7, 11) is 0. The van der Waals surface area contributed by atoms with Crippen molar-refractivity contribution in [2.45, 2.75) is 6.54 Å². The Bertz CT molecular complexity index is 844. The fraction of sp³-hybridized carbons (Fsp3) is 0.0714. The van der Waals surface area contributed by atoms with Gasteiger partial charge in [-0.15, -0.1) is 0 Å². The maximum absolute atomic E-state index is 12.4. The first-order valence-corrected chi connectivity index (χ1v) is 6.36. The number of pyridine rings is 1. The van der Waals surface area contributed by atoms with Crippen LogP contribution < -0.4 is 11.3 Å². The molecule has 5 nitrogen and oxygen atoms in total. The van der Waals surface area contributed by atoms with Gasteiger partial charge in [-0.05, 0) is 29.8 Å². The van der Waals surface area contributed by atoms with Crippen molar-refractivity contribution in [3.8, 4) is 0 Å². The van der Waals surface area contributed by atoms with Crippen molar-refractivity contribution < 1.29 is 0 Å². The van der Waals surface area contributed by atoms with E-state index in [4.69, 9.17) is 17.3 Å². The fourth-order valence-electron chi connectivity index (χ4n) is 2.00. The highest BCUT2D eigenvalue weighted by Crippen LogP contribution is 2.15. The van der Waals surface area contributed by atoms with Crippen LogP contribution in [-0.2, 0) is 6.54 Å². The molecule has 0 saturated carbocycles. The normalized spacial score (nSPS) is 10.8. The van der Waals surface area contributed by atoms with E-state index in [-0.39, 0.29) is 5.56 Å². The van der Waals surface area contributed by atoms with Crippen LogP contribution >= 0.6 is 11.6 Å². The number of fused-ring (bicyclic) bond motifs is 1. The largest absolute Gasteiger partial charge is 0.399 e. The molecular weight excluding hydrogens is 276 g/mol. The lowest BCUT2D eigenvalue weighted by Gasteiger charge is -2.08. The van der Waals surface area contributed by atoms with Crippen molar-refractivity contribution in [3.05, 3.63) is 63.9 Å². The van der Waals surface area contributed by atoms with Gasteiger partial charge < -0.3 is 5.73 Å². The highest BCUT2D eigenvalue weighted by Gasteiger charge is 2.07. The Morgan fingerprint density at radius 2 is 2.15 bits per heavy atom. The van der Waals surface area contributed by atoms with Gasteiger partial charge in [-0.3, -0.25) is 14.3 Å². The van der Waals surface area contributed by atoms with Crippen LogP contribution in [0.3, 0.4) is 0 Å². The summed E-state index contributed by atoms with van der Waals surface area (Å²) in [6.07, 6.45) is 4.70. The highest BCUT2D eigenvalue weighted by molar-refractivity contribution is 6.31. The first kappa shape index (κ1) is 12.6. The lowest BCUT2D eigenvalue weighted by molar-refractivity contribution is 0.747. The molecule has 1 aromatic carbocycles. The number of aromatic nitrogens is 3. The molecule has 0 amide bonds. The average molecular weight is 287 g/mol. The summed E-state index contributed by atoms with van der Waals surface area (Å²) in [5.74, 6) is 0. The Balaban J connectivity index is 2.11. The van der Waals surface area contributed by atoms with Gasteiger partial charge in [0.05, 0.1) is 28.8 Å². The molecule has 2 aromatic heterocycles. The number of rotatable bonds is 2. The Labute approximate surface area is 119 Å². The number of hydrogen-bond donors (Lipinski definition) is 1. The van der Waals surface area contributed by atoms with E-state index < -0.39 is 0 Å². The number of nitrogen functional groups attached to an aromatic ring is 1. The number of nitrogens with zero attached hydrogens (tertiary/aromatic N) is 3. The summed E-state index contributed by atoms with van der Waals surface area (Å²) in [5.41, 5.74) is 7.55. The van der Waals surface area contributed by atoms with Crippen molar-refractivity contribution in [1.82, 2.24) is 14.5 Å². The number of anilines is 1. The molecule has 6 heteroatoms. The molecule has 0 bridgehead atoms. The lowest BCUT2D eigenvalue weighted by Crippen LogP contribution is -2.21. The second-order valence-corrected chi connectivity index (χ2v) is 4.83. The average Bonchev–Trinajstić information content (AvgIpc) is 2.45. The molecule has 0 atom stereocenters. The van der Waals surface area contributed by atoms with E-state index in [1.807, 2.05) is 0 Å². The predicted molar refractivity (Wildman–Crippen MR) is 78.8 cm³/mol. The van der Waals surface area contributed by atoms with Crippen molar-refractivity contribution in [1.29, 1.82) is 0 Å². The van der Waals surface area contributed by atoms with Crippen LogP contribution in [0.2, 0.25) is 5.02 Å². The van der Waals surface area contributed by atoms with E-state index >= 15 is 0 Å². The van der Waals surface area contributed by atoms with Crippen molar-refractivity contribution in [2.24, 2.45) is 0 Å². The molecule has 2 N–H and O–H groups in total. The molecular formula is C14H11ClN4O. The number of nitrogens with two attached hydrogens (primary N) is 1. The monoisotopic (exact) mass is 286 g/mol. The third-order valence-corrected chi connectivity index (χ3v) is 3.39. The molecule has 0 aliphatic rings. The van der Waals surface area contributed by atoms with Crippen LogP contribution in [-0.4, -0.2) is 14.5 Å². The Morgan fingerprint density at radius 3 is 2.95 bits per heavy atom. The van der Waals surface area contributed by atoms with Crippen LogP contribution in [0.1, 0.15) is 5.56 Å². The summed E-state index contributed by atoms with van der Waals surface area (Å²) in [5, 5.41) is 1.02. The smallest absolute Gasteiger partial charge is 0.261 e.